The molecule has 3 atom stereocenters. The fourth-order valence-corrected chi connectivity index (χ4v) is 6.29. The number of amides is 2. The highest BCUT2D eigenvalue weighted by Crippen LogP contribution is 2.31. The van der Waals surface area contributed by atoms with E-state index in [9.17, 15) is 14.7 Å². The number of hydrogen-bond acceptors (Lipinski definition) is 5. The zero-order valence-corrected chi connectivity index (χ0v) is 21.2. The second-order valence-electron chi connectivity index (χ2n) is 10.6. The zero-order chi connectivity index (χ0) is 25.5. The van der Waals surface area contributed by atoms with Crippen LogP contribution in [0.3, 0.4) is 0 Å². The summed E-state index contributed by atoms with van der Waals surface area (Å²) in [6.07, 6.45) is 2.24. The maximum Gasteiger partial charge on any atom is 0.254 e. The molecular formula is C29H34N4O4. The lowest BCUT2D eigenvalue weighted by Gasteiger charge is -2.34. The Kier molecular flexibility index (Phi) is 6.48. The molecule has 6 rings (SSSR count). The van der Waals surface area contributed by atoms with E-state index in [4.69, 9.17) is 4.74 Å². The van der Waals surface area contributed by atoms with E-state index in [-0.39, 0.29) is 30.4 Å². The Morgan fingerprint density at radius 2 is 1.76 bits per heavy atom. The number of nitrogens with one attached hydrogen (secondary N) is 1. The van der Waals surface area contributed by atoms with Crippen LogP contribution in [0.2, 0.25) is 0 Å². The lowest BCUT2D eigenvalue weighted by Crippen LogP contribution is -2.49. The number of carbonyl (C=O) groups excluding carboxylic acids is 2. The van der Waals surface area contributed by atoms with Gasteiger partial charge in [0.1, 0.15) is 0 Å². The molecule has 3 aliphatic heterocycles. The van der Waals surface area contributed by atoms with E-state index < -0.39 is 6.10 Å². The van der Waals surface area contributed by atoms with Crippen LogP contribution in [0.4, 0.5) is 0 Å². The number of β-amino-alcohol motifs (C(OH)–C–C–N with tert-alkyl or cyclic N) is 1. The summed E-state index contributed by atoms with van der Waals surface area (Å²) in [5.41, 5.74) is 5.01. The van der Waals surface area contributed by atoms with Crippen LogP contribution in [0.15, 0.2) is 48.5 Å². The molecule has 0 spiro atoms. The Bertz CT molecular complexity index is 1300. The molecular weight excluding hydrogens is 468 g/mol. The topological polar surface area (TPSA) is 87.0 Å². The van der Waals surface area contributed by atoms with Crippen LogP contribution in [0.1, 0.15) is 44.8 Å². The summed E-state index contributed by atoms with van der Waals surface area (Å²) in [6.45, 7) is 3.55. The third-order valence-electron chi connectivity index (χ3n) is 8.23. The average Bonchev–Trinajstić information content (AvgIpc) is 3.35. The van der Waals surface area contributed by atoms with Gasteiger partial charge in [0.05, 0.1) is 31.4 Å². The maximum absolute atomic E-state index is 13.0. The van der Waals surface area contributed by atoms with Crippen molar-refractivity contribution in [2.24, 2.45) is 7.05 Å². The smallest absolute Gasteiger partial charge is 0.254 e. The van der Waals surface area contributed by atoms with Gasteiger partial charge in [0.25, 0.3) is 11.8 Å². The first kappa shape index (κ1) is 24.2. The number of aliphatic hydroxyl groups is 1. The van der Waals surface area contributed by atoms with Crippen molar-refractivity contribution in [2.75, 3.05) is 32.8 Å². The lowest BCUT2D eigenvalue weighted by atomic mass is 10.0. The lowest BCUT2D eigenvalue weighted by molar-refractivity contribution is -0.00716. The van der Waals surface area contributed by atoms with Gasteiger partial charge in [-0.05, 0) is 48.7 Å². The standard InChI is InChI=1S/C29H34N4O4/c1-31-26-5-3-2-4-24(26)25-16-32(13-12-27(25)31)15-23(34)14-30-28(35)19-6-8-20(9-7-19)29(36)33-21-10-11-22(33)18-37-17-21/h2-9,21-23,34H,10-18H2,1H3,(H,30,35). The minimum Gasteiger partial charge on any atom is -0.390 e. The summed E-state index contributed by atoms with van der Waals surface area (Å²) in [7, 11) is 2.12. The SMILES string of the molecule is Cn1c2c(c3ccccc31)CN(CC(O)CNC(=O)c1ccc(C(=O)N3C4CCC3COC4)cc1)CC2. The number of ether oxygens (including phenoxy) is 1. The van der Waals surface area contributed by atoms with Gasteiger partial charge in [0.2, 0.25) is 0 Å². The maximum atomic E-state index is 13.0. The molecule has 2 N–H and O–H groups in total. The van der Waals surface area contributed by atoms with Crippen molar-refractivity contribution in [3.8, 4) is 0 Å². The predicted molar refractivity (Wildman–Crippen MR) is 140 cm³/mol. The number of aliphatic hydroxyl groups excluding tert-OH is 1. The number of benzene rings is 2. The van der Waals surface area contributed by atoms with Gasteiger partial charge in [-0.2, -0.15) is 0 Å². The Balaban J connectivity index is 1.02. The molecule has 0 saturated carbocycles. The van der Waals surface area contributed by atoms with E-state index in [2.05, 4.69) is 46.1 Å². The Morgan fingerprint density at radius 3 is 2.51 bits per heavy atom. The largest absolute Gasteiger partial charge is 0.390 e. The molecule has 8 nitrogen and oxygen atoms in total. The highest BCUT2D eigenvalue weighted by atomic mass is 16.5. The molecule has 2 saturated heterocycles. The minimum atomic E-state index is -0.668. The normalized spacial score (nSPS) is 22.2. The Hall–Kier alpha value is -3.20. The van der Waals surface area contributed by atoms with Gasteiger partial charge < -0.3 is 24.6 Å². The number of aryl methyl sites for hydroxylation is 1. The summed E-state index contributed by atoms with van der Waals surface area (Å²) >= 11 is 0. The van der Waals surface area contributed by atoms with Crippen LogP contribution in [-0.4, -0.2) is 82.3 Å². The summed E-state index contributed by atoms with van der Waals surface area (Å²) in [5.74, 6) is -0.242. The molecule has 0 radical (unpaired) electrons. The first-order valence-electron chi connectivity index (χ1n) is 13.2. The summed E-state index contributed by atoms with van der Waals surface area (Å²) in [6, 6.07) is 15.6. The van der Waals surface area contributed by atoms with Crippen LogP contribution in [0.25, 0.3) is 10.9 Å². The molecule has 8 heteroatoms. The molecule has 0 aliphatic carbocycles. The zero-order valence-electron chi connectivity index (χ0n) is 21.2. The van der Waals surface area contributed by atoms with E-state index >= 15 is 0 Å². The van der Waals surface area contributed by atoms with E-state index in [0.717, 1.165) is 32.4 Å². The van der Waals surface area contributed by atoms with Gasteiger partial charge >= 0.3 is 0 Å². The van der Waals surface area contributed by atoms with Crippen LogP contribution < -0.4 is 5.32 Å². The molecule has 2 aromatic carbocycles. The monoisotopic (exact) mass is 502 g/mol. The highest BCUT2D eigenvalue weighted by Gasteiger charge is 2.40. The summed E-state index contributed by atoms with van der Waals surface area (Å²) < 4.78 is 7.86. The number of nitrogens with zero attached hydrogens (tertiary/aromatic N) is 3. The molecule has 2 bridgehead atoms. The number of carbonyl (C=O) groups is 2. The summed E-state index contributed by atoms with van der Waals surface area (Å²) in [4.78, 5) is 29.9. The van der Waals surface area contributed by atoms with E-state index in [1.807, 2.05) is 4.90 Å². The second kappa shape index (κ2) is 9.93. The fraction of sp³-hybridized carbons (Fsp3) is 0.448. The first-order valence-corrected chi connectivity index (χ1v) is 13.2. The van der Waals surface area contributed by atoms with E-state index in [1.54, 1.807) is 24.3 Å². The minimum absolute atomic E-state index is 0.00839. The van der Waals surface area contributed by atoms with Crippen molar-refractivity contribution < 1.29 is 19.4 Å². The quantitative estimate of drug-likeness (QED) is 0.540. The number of para-hydroxylation sites is 1. The molecule has 3 aliphatic rings. The molecule has 194 valence electrons. The average molecular weight is 503 g/mol. The van der Waals surface area contributed by atoms with E-state index in [0.29, 0.717) is 30.9 Å². The molecule has 4 heterocycles. The number of morpholine rings is 1. The third-order valence-corrected chi connectivity index (χ3v) is 8.23. The summed E-state index contributed by atoms with van der Waals surface area (Å²) in [5, 5.41) is 14.8. The molecule has 3 unspecified atom stereocenters. The van der Waals surface area contributed by atoms with Crippen LogP contribution in [0, 0.1) is 0 Å². The number of aromatic nitrogens is 1. The number of hydrogen-bond donors (Lipinski definition) is 2. The van der Waals surface area contributed by atoms with Gasteiger partial charge in [-0.1, -0.05) is 18.2 Å². The van der Waals surface area contributed by atoms with E-state index in [1.165, 1.54) is 22.2 Å². The predicted octanol–water partition coefficient (Wildman–Crippen LogP) is 2.33. The van der Waals surface area contributed by atoms with Crippen molar-refractivity contribution in [1.82, 2.24) is 19.7 Å². The molecule has 1 aromatic heterocycles. The van der Waals surface area contributed by atoms with Gasteiger partial charge in [-0.25, -0.2) is 0 Å². The molecule has 3 aromatic rings. The van der Waals surface area contributed by atoms with Crippen molar-refractivity contribution >= 4 is 22.7 Å². The highest BCUT2D eigenvalue weighted by molar-refractivity contribution is 5.98. The van der Waals surface area contributed by atoms with Crippen LogP contribution in [-0.2, 0) is 24.8 Å². The third kappa shape index (κ3) is 4.54. The Morgan fingerprint density at radius 1 is 1.05 bits per heavy atom. The van der Waals surface area contributed by atoms with Gasteiger partial charge in [-0.3, -0.25) is 14.5 Å². The van der Waals surface area contributed by atoms with Crippen molar-refractivity contribution in [2.45, 2.75) is 44.0 Å². The van der Waals surface area contributed by atoms with Crippen molar-refractivity contribution in [1.29, 1.82) is 0 Å². The molecule has 37 heavy (non-hydrogen) atoms. The Labute approximate surface area is 216 Å². The number of rotatable bonds is 6. The molecule has 2 amide bonds. The van der Waals surface area contributed by atoms with Crippen molar-refractivity contribution in [3.05, 3.63) is 70.9 Å². The van der Waals surface area contributed by atoms with Gasteiger partial charge in [-0.15, -0.1) is 0 Å². The van der Waals surface area contributed by atoms with Crippen LogP contribution in [0.5, 0.6) is 0 Å². The second-order valence-corrected chi connectivity index (χ2v) is 10.6. The fourth-order valence-electron chi connectivity index (χ4n) is 6.29. The number of fused-ring (bicyclic) bond motifs is 5. The molecule has 2 fully saturated rings. The van der Waals surface area contributed by atoms with Gasteiger partial charge in [0.15, 0.2) is 0 Å². The van der Waals surface area contributed by atoms with Gasteiger partial charge in [0, 0.05) is 67.4 Å². The van der Waals surface area contributed by atoms with Crippen molar-refractivity contribution in [3.63, 3.8) is 0 Å². The first-order chi connectivity index (χ1) is 18.0. The van der Waals surface area contributed by atoms with Crippen LogP contribution >= 0.6 is 0 Å².